The van der Waals surface area contributed by atoms with E-state index in [1.165, 1.54) is 0 Å². The van der Waals surface area contributed by atoms with Crippen molar-refractivity contribution < 1.29 is 5.11 Å². The van der Waals surface area contributed by atoms with Gasteiger partial charge in [0.1, 0.15) is 5.75 Å². The van der Waals surface area contributed by atoms with E-state index in [4.69, 9.17) is 5.11 Å². The van der Waals surface area contributed by atoms with E-state index in [0.29, 0.717) is 5.75 Å². The third-order valence-electron chi connectivity index (χ3n) is 1.63. The Morgan fingerprint density at radius 2 is 1.36 bits per heavy atom. The molecular formula is C13H14O. The van der Waals surface area contributed by atoms with Crippen LogP contribution in [0.2, 0.25) is 0 Å². The van der Waals surface area contributed by atoms with Gasteiger partial charge in [0, 0.05) is 0 Å². The molecule has 1 aliphatic rings. The summed E-state index contributed by atoms with van der Waals surface area (Å²) in [5.74, 6) is 0.322. The molecule has 0 bridgehead atoms. The average Bonchev–Trinajstić information content (AvgIpc) is 2.51. The topological polar surface area (TPSA) is 20.2 Å². The third-order valence-corrected chi connectivity index (χ3v) is 1.63. The number of rotatable bonds is 0. The molecule has 1 heteroatoms. The lowest BCUT2D eigenvalue weighted by atomic mass is 10.3. The highest BCUT2D eigenvalue weighted by molar-refractivity contribution is 5.18. The zero-order chi connectivity index (χ0) is 10.1. The molecule has 0 saturated heterocycles. The van der Waals surface area contributed by atoms with E-state index >= 15 is 0 Å². The van der Waals surface area contributed by atoms with E-state index in [1.807, 2.05) is 18.2 Å². The van der Waals surface area contributed by atoms with E-state index < -0.39 is 0 Å². The molecule has 2 rings (SSSR count). The van der Waals surface area contributed by atoms with Gasteiger partial charge in [-0.3, -0.25) is 0 Å². The van der Waals surface area contributed by atoms with Crippen molar-refractivity contribution in [2.75, 3.05) is 0 Å². The van der Waals surface area contributed by atoms with Gasteiger partial charge in [0.25, 0.3) is 0 Å². The van der Waals surface area contributed by atoms with Crippen LogP contribution >= 0.6 is 0 Å². The number of phenolic OH excluding ortho intramolecular Hbond substituents is 1. The maximum Gasteiger partial charge on any atom is 0.115 e. The predicted molar refractivity (Wildman–Crippen MR) is 60.1 cm³/mol. The largest absolute Gasteiger partial charge is 0.508 e. The fourth-order valence-corrected chi connectivity index (χ4v) is 0.949. The third kappa shape index (κ3) is 4.99. The van der Waals surface area contributed by atoms with Crippen molar-refractivity contribution in [2.24, 2.45) is 0 Å². The van der Waals surface area contributed by atoms with Gasteiger partial charge >= 0.3 is 0 Å². The minimum atomic E-state index is 0.322. The molecule has 0 atom stereocenters. The van der Waals surface area contributed by atoms with Crippen LogP contribution in [-0.2, 0) is 0 Å². The van der Waals surface area contributed by atoms with Gasteiger partial charge in [-0.1, -0.05) is 54.7 Å². The van der Waals surface area contributed by atoms with Crippen molar-refractivity contribution in [3.63, 3.8) is 0 Å². The lowest BCUT2D eigenvalue weighted by molar-refractivity contribution is 0.475. The number of allylic oxidation sites excluding steroid dienone is 6. The molecular weight excluding hydrogens is 172 g/mol. The summed E-state index contributed by atoms with van der Waals surface area (Å²) < 4.78 is 0. The van der Waals surface area contributed by atoms with Crippen LogP contribution in [-0.4, -0.2) is 5.11 Å². The number of aromatic hydroxyl groups is 1. The monoisotopic (exact) mass is 186 g/mol. The van der Waals surface area contributed by atoms with Gasteiger partial charge in [-0.15, -0.1) is 0 Å². The Kier molecular flexibility index (Phi) is 4.96. The number of hydrogen-bond donors (Lipinski definition) is 1. The maximum atomic E-state index is 8.63. The number of benzene rings is 1. The number of para-hydroxylation sites is 1. The van der Waals surface area contributed by atoms with Gasteiger partial charge in [-0.25, -0.2) is 0 Å². The molecule has 0 spiro atoms. The Labute approximate surface area is 84.7 Å². The first-order valence-electron chi connectivity index (χ1n) is 4.62. The molecule has 0 unspecified atom stereocenters. The molecule has 1 aliphatic carbocycles. The van der Waals surface area contributed by atoms with Crippen LogP contribution in [0.15, 0.2) is 66.8 Å². The summed E-state index contributed by atoms with van der Waals surface area (Å²) >= 11 is 0. The van der Waals surface area contributed by atoms with Crippen LogP contribution in [0.4, 0.5) is 0 Å². The minimum Gasteiger partial charge on any atom is -0.508 e. The normalized spacial score (nSPS) is 12.9. The summed E-state index contributed by atoms with van der Waals surface area (Å²) in [7, 11) is 0. The SMILES string of the molecule is C1=CC=CCC=C1.Oc1ccccc1. The Balaban J connectivity index is 0.000000140. The van der Waals surface area contributed by atoms with Crippen LogP contribution in [0, 0.1) is 0 Å². The summed E-state index contributed by atoms with van der Waals surface area (Å²) in [6.07, 6.45) is 13.5. The van der Waals surface area contributed by atoms with Gasteiger partial charge in [0.05, 0.1) is 0 Å². The van der Waals surface area contributed by atoms with Gasteiger partial charge in [0.15, 0.2) is 0 Å². The highest BCUT2D eigenvalue weighted by atomic mass is 16.3. The highest BCUT2D eigenvalue weighted by Crippen LogP contribution is 2.02. The summed E-state index contributed by atoms with van der Waals surface area (Å²) in [4.78, 5) is 0. The van der Waals surface area contributed by atoms with Crippen LogP contribution in [0.1, 0.15) is 6.42 Å². The first-order chi connectivity index (χ1) is 6.89. The highest BCUT2D eigenvalue weighted by Gasteiger charge is 1.74. The first kappa shape index (κ1) is 10.3. The molecule has 0 saturated carbocycles. The maximum absolute atomic E-state index is 8.63. The zero-order valence-electron chi connectivity index (χ0n) is 8.01. The van der Waals surface area contributed by atoms with Gasteiger partial charge in [-0.2, -0.15) is 0 Å². The van der Waals surface area contributed by atoms with Crippen molar-refractivity contribution in [1.29, 1.82) is 0 Å². The second-order valence-corrected chi connectivity index (χ2v) is 2.81. The molecule has 0 radical (unpaired) electrons. The summed E-state index contributed by atoms with van der Waals surface area (Å²) in [6.45, 7) is 0. The molecule has 1 N–H and O–H groups in total. The van der Waals surface area contributed by atoms with Crippen molar-refractivity contribution in [2.45, 2.75) is 6.42 Å². The van der Waals surface area contributed by atoms with Crippen LogP contribution < -0.4 is 0 Å². The summed E-state index contributed by atoms with van der Waals surface area (Å²) in [6, 6.07) is 8.71. The smallest absolute Gasteiger partial charge is 0.115 e. The molecule has 72 valence electrons. The molecule has 1 nitrogen and oxygen atoms in total. The van der Waals surface area contributed by atoms with Gasteiger partial charge in [0.2, 0.25) is 0 Å². The van der Waals surface area contributed by atoms with Crippen LogP contribution in [0.3, 0.4) is 0 Å². The summed E-state index contributed by atoms with van der Waals surface area (Å²) in [5, 5.41) is 8.63. The van der Waals surface area contributed by atoms with E-state index in [2.05, 4.69) is 24.3 Å². The Morgan fingerprint density at radius 3 is 1.79 bits per heavy atom. The van der Waals surface area contributed by atoms with E-state index in [9.17, 15) is 0 Å². The first-order valence-corrected chi connectivity index (χ1v) is 4.62. The van der Waals surface area contributed by atoms with E-state index in [-0.39, 0.29) is 0 Å². The van der Waals surface area contributed by atoms with Crippen molar-refractivity contribution in [3.8, 4) is 5.75 Å². The second-order valence-electron chi connectivity index (χ2n) is 2.81. The molecule has 1 aromatic rings. The van der Waals surface area contributed by atoms with Gasteiger partial charge < -0.3 is 5.11 Å². The lowest BCUT2D eigenvalue weighted by Gasteiger charge is -1.82. The molecule has 0 heterocycles. The van der Waals surface area contributed by atoms with E-state index in [1.54, 1.807) is 24.3 Å². The van der Waals surface area contributed by atoms with Crippen molar-refractivity contribution in [1.82, 2.24) is 0 Å². The van der Waals surface area contributed by atoms with Crippen LogP contribution in [0.5, 0.6) is 5.75 Å². The molecule has 0 amide bonds. The van der Waals surface area contributed by atoms with Crippen LogP contribution in [0.25, 0.3) is 0 Å². The zero-order valence-corrected chi connectivity index (χ0v) is 8.01. The fourth-order valence-electron chi connectivity index (χ4n) is 0.949. The predicted octanol–water partition coefficient (Wildman–Crippen LogP) is 3.45. The molecule has 14 heavy (non-hydrogen) atoms. The second kappa shape index (κ2) is 6.72. The summed E-state index contributed by atoms with van der Waals surface area (Å²) in [5.41, 5.74) is 0. The molecule has 0 fully saturated rings. The van der Waals surface area contributed by atoms with Gasteiger partial charge in [-0.05, 0) is 18.6 Å². The quantitative estimate of drug-likeness (QED) is 0.658. The number of phenols is 1. The fraction of sp³-hybridized carbons (Fsp3) is 0.0769. The van der Waals surface area contributed by atoms with Crippen molar-refractivity contribution in [3.05, 3.63) is 66.8 Å². The van der Waals surface area contributed by atoms with E-state index in [0.717, 1.165) is 6.42 Å². The Bertz CT molecular complexity index is 306. The Hall–Kier alpha value is -1.76. The molecule has 1 aromatic carbocycles. The lowest BCUT2D eigenvalue weighted by Crippen LogP contribution is -1.56. The molecule has 0 aliphatic heterocycles. The Morgan fingerprint density at radius 1 is 0.786 bits per heavy atom. The minimum absolute atomic E-state index is 0.322. The van der Waals surface area contributed by atoms with Crippen molar-refractivity contribution >= 4 is 0 Å². The number of hydrogen-bond acceptors (Lipinski definition) is 1. The molecule has 0 aromatic heterocycles. The standard InChI is InChI=1S/C7H8.C6H6O/c1-2-4-6-7-5-3-1;7-6-4-2-1-3-5-6/h1-6H,7H2;1-5,7H. The average molecular weight is 186 g/mol.